The second-order valence-electron chi connectivity index (χ2n) is 7.12. The number of hydrogen-bond donors (Lipinski definition) is 3. The van der Waals surface area contributed by atoms with Crippen molar-refractivity contribution >= 4 is 34.2 Å². The van der Waals surface area contributed by atoms with Crippen LogP contribution < -0.4 is 10.6 Å². The van der Waals surface area contributed by atoms with Crippen molar-refractivity contribution in [2.75, 3.05) is 24.7 Å². The first-order valence-electron chi connectivity index (χ1n) is 9.54. The Kier molecular flexibility index (Phi) is 5.46. The fraction of sp³-hybridized carbons (Fsp3) is 0.0909. The minimum absolute atomic E-state index is 0.219. The molecule has 0 saturated heterocycles. The molecule has 0 atom stereocenters. The summed E-state index contributed by atoms with van der Waals surface area (Å²) in [7, 11) is 3.31. The van der Waals surface area contributed by atoms with Gasteiger partial charge in [0.25, 0.3) is 5.91 Å². The van der Waals surface area contributed by atoms with Gasteiger partial charge < -0.3 is 15.5 Å². The number of nitrogens with zero attached hydrogens (tertiary/aromatic N) is 5. The lowest BCUT2D eigenvalue weighted by atomic mass is 10.0. The van der Waals surface area contributed by atoms with Gasteiger partial charge in [-0.15, -0.1) is 0 Å². The standard InChI is InChI=1S/C22H18N8O2/c1-30(2)22(32)27-17-7-14(10-24-11-17)13-3-6-19-18(8-13)20(29-28-19)21(31)26-16-5-4-15(9-23)25-12-16/h3-8,10-12H,1-2H3,(H,26,31)(H,27,32)(H,28,29). The largest absolute Gasteiger partial charge is 0.331 e. The molecule has 0 radical (unpaired) electrons. The van der Waals surface area contributed by atoms with Gasteiger partial charge in [0, 0.05) is 31.2 Å². The number of nitrogens with one attached hydrogen (secondary N) is 3. The average Bonchev–Trinajstić information content (AvgIpc) is 3.23. The van der Waals surface area contributed by atoms with E-state index in [1.807, 2.05) is 24.3 Å². The summed E-state index contributed by atoms with van der Waals surface area (Å²) in [6.45, 7) is 0. The summed E-state index contributed by atoms with van der Waals surface area (Å²) < 4.78 is 0. The molecule has 0 saturated carbocycles. The number of hydrogen-bond acceptors (Lipinski definition) is 6. The molecule has 10 heteroatoms. The Balaban J connectivity index is 1.62. The molecule has 3 aromatic heterocycles. The van der Waals surface area contributed by atoms with Crippen LogP contribution in [0.25, 0.3) is 22.0 Å². The predicted molar refractivity (Wildman–Crippen MR) is 119 cm³/mol. The van der Waals surface area contributed by atoms with E-state index in [4.69, 9.17) is 5.26 Å². The zero-order valence-corrected chi connectivity index (χ0v) is 17.2. The Bertz CT molecular complexity index is 1350. The van der Waals surface area contributed by atoms with Gasteiger partial charge in [0.15, 0.2) is 5.69 Å². The summed E-state index contributed by atoms with van der Waals surface area (Å²) in [5.74, 6) is -0.412. The zero-order valence-electron chi connectivity index (χ0n) is 17.2. The summed E-state index contributed by atoms with van der Waals surface area (Å²) in [5.41, 5.74) is 3.76. The van der Waals surface area contributed by atoms with Crippen LogP contribution in [0.1, 0.15) is 16.2 Å². The quantitative estimate of drug-likeness (QED) is 0.458. The minimum Gasteiger partial charge on any atom is -0.331 e. The van der Waals surface area contributed by atoms with Gasteiger partial charge in [-0.3, -0.25) is 14.9 Å². The van der Waals surface area contributed by atoms with E-state index >= 15 is 0 Å². The Labute approximate surface area is 182 Å². The average molecular weight is 426 g/mol. The van der Waals surface area contributed by atoms with E-state index < -0.39 is 5.91 Å². The van der Waals surface area contributed by atoms with E-state index in [0.717, 1.165) is 11.1 Å². The van der Waals surface area contributed by atoms with Crippen LogP contribution in [0, 0.1) is 11.3 Å². The fourth-order valence-electron chi connectivity index (χ4n) is 2.99. The van der Waals surface area contributed by atoms with Crippen molar-refractivity contribution < 1.29 is 9.59 Å². The molecule has 0 unspecified atom stereocenters. The van der Waals surface area contributed by atoms with Crippen LogP contribution >= 0.6 is 0 Å². The summed E-state index contributed by atoms with van der Waals surface area (Å²) in [6.07, 6.45) is 4.65. The number of carbonyl (C=O) groups is 2. The molecule has 4 aromatic rings. The number of nitriles is 1. The first kappa shape index (κ1) is 20.5. The Morgan fingerprint density at radius 1 is 1.00 bits per heavy atom. The number of amides is 3. The highest BCUT2D eigenvalue weighted by Crippen LogP contribution is 2.27. The molecule has 0 aliphatic rings. The first-order valence-corrected chi connectivity index (χ1v) is 9.54. The van der Waals surface area contributed by atoms with Crippen LogP contribution in [0.3, 0.4) is 0 Å². The lowest BCUT2D eigenvalue weighted by Crippen LogP contribution is -2.27. The molecule has 0 fully saturated rings. The number of carbonyl (C=O) groups excluding carboxylic acids is 2. The molecule has 3 amide bonds. The number of urea groups is 1. The third-order valence-electron chi connectivity index (χ3n) is 4.64. The van der Waals surface area contributed by atoms with Crippen LogP contribution in [0.2, 0.25) is 0 Å². The van der Waals surface area contributed by atoms with Gasteiger partial charge in [0.1, 0.15) is 11.8 Å². The first-order chi connectivity index (χ1) is 15.4. The van der Waals surface area contributed by atoms with E-state index in [0.29, 0.717) is 22.3 Å². The second kappa shape index (κ2) is 8.53. The summed E-state index contributed by atoms with van der Waals surface area (Å²) in [6, 6.07) is 12.1. The zero-order chi connectivity index (χ0) is 22.7. The fourth-order valence-corrected chi connectivity index (χ4v) is 2.99. The van der Waals surface area contributed by atoms with E-state index in [1.54, 1.807) is 38.6 Å². The second-order valence-corrected chi connectivity index (χ2v) is 7.12. The predicted octanol–water partition coefficient (Wildman–Crippen LogP) is 3.24. The lowest BCUT2D eigenvalue weighted by Gasteiger charge is -2.12. The van der Waals surface area contributed by atoms with Gasteiger partial charge in [0.05, 0.1) is 29.3 Å². The summed E-state index contributed by atoms with van der Waals surface area (Å²) in [5, 5.41) is 22.0. The summed E-state index contributed by atoms with van der Waals surface area (Å²) >= 11 is 0. The maximum atomic E-state index is 12.8. The van der Waals surface area contributed by atoms with E-state index in [2.05, 4.69) is 30.8 Å². The van der Waals surface area contributed by atoms with E-state index in [9.17, 15) is 9.59 Å². The van der Waals surface area contributed by atoms with Crippen molar-refractivity contribution in [3.05, 3.63) is 66.4 Å². The number of pyridine rings is 2. The van der Waals surface area contributed by atoms with Crippen LogP contribution in [0.15, 0.2) is 55.0 Å². The smallest absolute Gasteiger partial charge is 0.321 e. The highest BCUT2D eigenvalue weighted by Gasteiger charge is 2.16. The highest BCUT2D eigenvalue weighted by molar-refractivity contribution is 6.11. The van der Waals surface area contributed by atoms with Crippen LogP contribution in [0.5, 0.6) is 0 Å². The number of fused-ring (bicyclic) bond motifs is 1. The van der Waals surface area contributed by atoms with Crippen molar-refractivity contribution in [3.8, 4) is 17.2 Å². The van der Waals surface area contributed by atoms with Crippen molar-refractivity contribution in [3.63, 3.8) is 0 Å². The monoisotopic (exact) mass is 426 g/mol. The number of aromatic amines is 1. The van der Waals surface area contributed by atoms with Crippen molar-refractivity contribution in [1.82, 2.24) is 25.1 Å². The Morgan fingerprint density at radius 3 is 2.56 bits per heavy atom. The molecule has 0 bridgehead atoms. The van der Waals surface area contributed by atoms with Gasteiger partial charge >= 0.3 is 6.03 Å². The molecule has 0 aliphatic heterocycles. The topological polar surface area (TPSA) is 140 Å². The molecule has 4 rings (SSSR count). The molecule has 10 nitrogen and oxygen atoms in total. The van der Waals surface area contributed by atoms with Gasteiger partial charge in [-0.05, 0) is 35.9 Å². The lowest BCUT2D eigenvalue weighted by molar-refractivity contribution is 0.102. The molecule has 32 heavy (non-hydrogen) atoms. The number of H-pyrrole nitrogens is 1. The van der Waals surface area contributed by atoms with Crippen molar-refractivity contribution in [2.24, 2.45) is 0 Å². The third-order valence-corrected chi connectivity index (χ3v) is 4.64. The molecular weight excluding hydrogens is 408 g/mol. The van der Waals surface area contributed by atoms with Crippen LogP contribution in [-0.2, 0) is 0 Å². The van der Waals surface area contributed by atoms with E-state index in [-0.39, 0.29) is 17.4 Å². The molecule has 1 aromatic carbocycles. The van der Waals surface area contributed by atoms with Crippen LogP contribution in [0.4, 0.5) is 16.2 Å². The molecule has 3 heterocycles. The molecule has 158 valence electrons. The van der Waals surface area contributed by atoms with Gasteiger partial charge in [0.2, 0.25) is 0 Å². The van der Waals surface area contributed by atoms with Gasteiger partial charge in [-0.2, -0.15) is 10.4 Å². The number of rotatable bonds is 4. The van der Waals surface area contributed by atoms with Crippen molar-refractivity contribution in [1.29, 1.82) is 5.26 Å². The third kappa shape index (κ3) is 4.22. The number of aromatic nitrogens is 4. The highest BCUT2D eigenvalue weighted by atomic mass is 16.2. The Hall–Kier alpha value is -4.78. The van der Waals surface area contributed by atoms with E-state index in [1.165, 1.54) is 17.2 Å². The van der Waals surface area contributed by atoms with Gasteiger partial charge in [-0.1, -0.05) is 6.07 Å². The minimum atomic E-state index is -0.412. The Morgan fingerprint density at radius 2 is 1.84 bits per heavy atom. The molecule has 0 spiro atoms. The summed E-state index contributed by atoms with van der Waals surface area (Å²) in [4.78, 5) is 34.3. The van der Waals surface area contributed by atoms with Crippen LogP contribution in [-0.4, -0.2) is 51.1 Å². The number of benzene rings is 1. The SMILES string of the molecule is CN(C)C(=O)Nc1cncc(-c2ccc3[nH]nc(C(=O)Nc4ccc(C#N)nc4)c3c2)c1. The molecule has 3 N–H and O–H groups in total. The maximum Gasteiger partial charge on any atom is 0.321 e. The molecule has 0 aliphatic carbocycles. The maximum absolute atomic E-state index is 12.8. The molecular formula is C22H18N8O2. The van der Waals surface area contributed by atoms with Crippen molar-refractivity contribution in [2.45, 2.75) is 0 Å². The normalized spacial score (nSPS) is 10.4. The number of anilines is 2. The van der Waals surface area contributed by atoms with Gasteiger partial charge in [-0.25, -0.2) is 9.78 Å².